The van der Waals surface area contributed by atoms with Gasteiger partial charge in [0.2, 0.25) is 0 Å². The number of rotatable bonds is 5. The number of hydrogen-bond donors (Lipinski definition) is 2. The molecule has 2 N–H and O–H groups in total. The molecule has 4 heterocycles. The number of furan rings is 1. The van der Waals surface area contributed by atoms with Crippen molar-refractivity contribution < 1.29 is 37.0 Å². The number of nitrogens with one attached hydrogen (secondary N) is 1. The van der Waals surface area contributed by atoms with Crippen molar-refractivity contribution in [1.29, 1.82) is 0 Å². The van der Waals surface area contributed by atoms with Crippen molar-refractivity contribution in [2.45, 2.75) is 19.6 Å². The molecule has 176 valence electrons. The Labute approximate surface area is 182 Å². The van der Waals surface area contributed by atoms with E-state index in [1.807, 2.05) is 49.0 Å². The van der Waals surface area contributed by atoms with E-state index in [2.05, 4.69) is 10.2 Å². The standard InChI is InChI=1S/C19H25N3O3.C2HF3O2/c1-14-5-6-16(25-14)9-22-8-15-10-24-13-19(15,12-22)11-20-18(23)17-4-3-7-21(17)2;3-2(4,5)1(6)7/h3-7,15H,8-13H2,1-2H3,(H,20,23);(H,6,7)/t15-,19+;/m1./s1. The van der Waals surface area contributed by atoms with Crippen LogP contribution in [0.5, 0.6) is 0 Å². The van der Waals surface area contributed by atoms with Crippen LogP contribution in [0.4, 0.5) is 13.2 Å². The van der Waals surface area contributed by atoms with Crippen molar-refractivity contribution in [3.63, 3.8) is 0 Å². The van der Waals surface area contributed by atoms with Gasteiger partial charge in [-0.2, -0.15) is 13.2 Å². The van der Waals surface area contributed by atoms with E-state index in [0.717, 1.165) is 37.8 Å². The second-order valence-corrected chi connectivity index (χ2v) is 8.25. The lowest BCUT2D eigenvalue weighted by Crippen LogP contribution is -2.43. The number of halogens is 3. The molecule has 2 saturated heterocycles. The average molecular weight is 457 g/mol. The highest BCUT2D eigenvalue weighted by Gasteiger charge is 2.50. The number of hydrogen-bond acceptors (Lipinski definition) is 5. The van der Waals surface area contributed by atoms with E-state index in [1.165, 1.54) is 0 Å². The van der Waals surface area contributed by atoms with Gasteiger partial charge in [-0.15, -0.1) is 0 Å². The van der Waals surface area contributed by atoms with Crippen LogP contribution >= 0.6 is 0 Å². The predicted molar refractivity (Wildman–Crippen MR) is 107 cm³/mol. The molecule has 2 aliphatic rings. The molecule has 0 aromatic carbocycles. The number of aryl methyl sites for hydroxylation is 2. The predicted octanol–water partition coefficient (Wildman–Crippen LogP) is 2.44. The van der Waals surface area contributed by atoms with Crippen LogP contribution in [0.3, 0.4) is 0 Å². The van der Waals surface area contributed by atoms with E-state index in [1.54, 1.807) is 0 Å². The highest BCUT2D eigenvalue weighted by Crippen LogP contribution is 2.41. The monoisotopic (exact) mass is 457 g/mol. The van der Waals surface area contributed by atoms with Crippen molar-refractivity contribution in [3.8, 4) is 0 Å². The summed E-state index contributed by atoms with van der Waals surface area (Å²) in [5.74, 6) is -0.374. The first-order valence-corrected chi connectivity index (χ1v) is 10.1. The quantitative estimate of drug-likeness (QED) is 0.716. The lowest BCUT2D eigenvalue weighted by atomic mass is 9.81. The van der Waals surface area contributed by atoms with Crippen LogP contribution in [0.15, 0.2) is 34.9 Å². The number of carbonyl (C=O) groups is 2. The van der Waals surface area contributed by atoms with E-state index >= 15 is 0 Å². The molecule has 2 aromatic rings. The maximum Gasteiger partial charge on any atom is 0.490 e. The van der Waals surface area contributed by atoms with Crippen molar-refractivity contribution in [2.75, 3.05) is 32.8 Å². The number of likely N-dealkylation sites (tertiary alicyclic amines) is 1. The summed E-state index contributed by atoms with van der Waals surface area (Å²) in [4.78, 5) is 23.8. The zero-order chi connectivity index (χ0) is 23.5. The highest BCUT2D eigenvalue weighted by atomic mass is 19.4. The van der Waals surface area contributed by atoms with Gasteiger partial charge in [-0.3, -0.25) is 9.69 Å². The van der Waals surface area contributed by atoms with Crippen molar-refractivity contribution in [2.24, 2.45) is 18.4 Å². The molecule has 4 rings (SSSR count). The smallest absolute Gasteiger partial charge is 0.475 e. The van der Waals surface area contributed by atoms with Gasteiger partial charge in [0, 0.05) is 44.2 Å². The normalized spacial score (nSPS) is 22.8. The van der Waals surface area contributed by atoms with Gasteiger partial charge in [-0.05, 0) is 31.2 Å². The molecular formula is C21H26F3N3O5. The summed E-state index contributed by atoms with van der Waals surface area (Å²) in [6.07, 6.45) is -3.20. The SMILES string of the molecule is Cc1ccc(CN2C[C@@H]3COC[C@]3(CNC(=O)c3cccn3C)C2)o1.O=C(O)C(F)(F)F. The number of aromatic nitrogens is 1. The number of nitrogens with zero attached hydrogens (tertiary/aromatic N) is 2. The van der Waals surface area contributed by atoms with Crippen LogP contribution in [0.25, 0.3) is 0 Å². The molecule has 32 heavy (non-hydrogen) atoms. The van der Waals surface area contributed by atoms with E-state index in [0.29, 0.717) is 24.8 Å². The van der Waals surface area contributed by atoms with Gasteiger partial charge in [0.25, 0.3) is 5.91 Å². The number of aliphatic carboxylic acids is 1. The summed E-state index contributed by atoms with van der Waals surface area (Å²) < 4.78 is 45.1. The maximum absolute atomic E-state index is 12.4. The van der Waals surface area contributed by atoms with Gasteiger partial charge in [0.15, 0.2) is 0 Å². The van der Waals surface area contributed by atoms with Crippen LogP contribution in [-0.4, -0.2) is 65.5 Å². The van der Waals surface area contributed by atoms with E-state index in [4.69, 9.17) is 19.1 Å². The fourth-order valence-corrected chi connectivity index (χ4v) is 4.15. The molecular weight excluding hydrogens is 431 g/mol. The molecule has 0 aliphatic carbocycles. The van der Waals surface area contributed by atoms with Gasteiger partial charge in [-0.25, -0.2) is 4.79 Å². The van der Waals surface area contributed by atoms with Crippen LogP contribution in [0.2, 0.25) is 0 Å². The summed E-state index contributed by atoms with van der Waals surface area (Å²) in [7, 11) is 1.89. The molecule has 0 spiro atoms. The Morgan fingerprint density at radius 3 is 2.59 bits per heavy atom. The third kappa shape index (κ3) is 5.52. The number of amides is 1. The molecule has 0 unspecified atom stereocenters. The molecule has 0 bridgehead atoms. The molecule has 2 aliphatic heterocycles. The molecule has 0 radical (unpaired) electrons. The summed E-state index contributed by atoms with van der Waals surface area (Å²) in [5, 5.41) is 10.3. The van der Waals surface area contributed by atoms with Crippen molar-refractivity contribution in [3.05, 3.63) is 47.7 Å². The number of carbonyl (C=O) groups excluding carboxylic acids is 1. The minimum atomic E-state index is -5.08. The summed E-state index contributed by atoms with van der Waals surface area (Å²) in [5.41, 5.74) is 0.690. The number of ether oxygens (including phenoxy) is 1. The topological polar surface area (TPSA) is 96.9 Å². The Morgan fingerprint density at radius 1 is 1.31 bits per heavy atom. The molecule has 11 heteroatoms. The minimum Gasteiger partial charge on any atom is -0.475 e. The van der Waals surface area contributed by atoms with Gasteiger partial charge < -0.3 is 24.1 Å². The first-order valence-electron chi connectivity index (χ1n) is 10.1. The zero-order valence-electron chi connectivity index (χ0n) is 17.8. The van der Waals surface area contributed by atoms with Crippen LogP contribution in [0, 0.1) is 18.3 Å². The Bertz CT molecular complexity index is 955. The summed E-state index contributed by atoms with van der Waals surface area (Å²) in [6.45, 7) is 6.82. The summed E-state index contributed by atoms with van der Waals surface area (Å²) >= 11 is 0. The van der Waals surface area contributed by atoms with E-state index in [9.17, 15) is 18.0 Å². The zero-order valence-corrected chi connectivity index (χ0v) is 17.8. The second kappa shape index (κ2) is 9.37. The van der Waals surface area contributed by atoms with Crippen LogP contribution in [-0.2, 0) is 23.1 Å². The first kappa shape index (κ1) is 23.9. The maximum atomic E-state index is 12.4. The molecule has 2 atom stereocenters. The molecule has 2 fully saturated rings. The number of carboxylic acids is 1. The Kier molecular flexibility index (Phi) is 6.99. The van der Waals surface area contributed by atoms with E-state index < -0.39 is 12.1 Å². The number of fused-ring (bicyclic) bond motifs is 1. The Morgan fingerprint density at radius 2 is 2.03 bits per heavy atom. The molecule has 1 amide bonds. The van der Waals surface area contributed by atoms with Crippen LogP contribution in [0.1, 0.15) is 22.0 Å². The Hall–Kier alpha value is -2.79. The molecule has 8 nitrogen and oxygen atoms in total. The fourth-order valence-electron chi connectivity index (χ4n) is 4.15. The van der Waals surface area contributed by atoms with E-state index in [-0.39, 0.29) is 11.3 Å². The number of alkyl halides is 3. The average Bonchev–Trinajstić information content (AvgIpc) is 3.45. The molecule has 0 saturated carbocycles. The summed E-state index contributed by atoms with van der Waals surface area (Å²) in [6, 6.07) is 7.78. The minimum absolute atomic E-state index is 0.00244. The van der Waals surface area contributed by atoms with Gasteiger partial charge in [-0.1, -0.05) is 0 Å². The first-order chi connectivity index (χ1) is 15.0. The van der Waals surface area contributed by atoms with Gasteiger partial charge >= 0.3 is 12.1 Å². The number of carboxylic acid groups (broad SMARTS) is 1. The second-order valence-electron chi connectivity index (χ2n) is 8.25. The third-order valence-electron chi connectivity index (χ3n) is 5.79. The van der Waals surface area contributed by atoms with Crippen LogP contribution < -0.4 is 5.32 Å². The van der Waals surface area contributed by atoms with Gasteiger partial charge in [0.1, 0.15) is 17.2 Å². The largest absolute Gasteiger partial charge is 0.490 e. The highest BCUT2D eigenvalue weighted by molar-refractivity contribution is 5.92. The van der Waals surface area contributed by atoms with Gasteiger partial charge in [0.05, 0.1) is 19.8 Å². The van der Waals surface area contributed by atoms with Crippen molar-refractivity contribution in [1.82, 2.24) is 14.8 Å². The molecule has 2 aromatic heterocycles. The Balaban J connectivity index is 0.000000360. The lowest BCUT2D eigenvalue weighted by Gasteiger charge is -2.27. The third-order valence-corrected chi connectivity index (χ3v) is 5.79. The lowest BCUT2D eigenvalue weighted by molar-refractivity contribution is -0.192. The fraction of sp³-hybridized carbons (Fsp3) is 0.524. The van der Waals surface area contributed by atoms with Crippen molar-refractivity contribution >= 4 is 11.9 Å².